The van der Waals surface area contributed by atoms with E-state index in [1.54, 1.807) is 0 Å². The molecular weight excluding hydrogens is 388 g/mol. The number of fused-ring (bicyclic) bond motifs is 4. The van der Waals surface area contributed by atoms with Crippen LogP contribution in [0.1, 0.15) is 68.2 Å². The van der Waals surface area contributed by atoms with Crippen LogP contribution in [0.25, 0.3) is 0 Å². The summed E-state index contributed by atoms with van der Waals surface area (Å²) in [5.41, 5.74) is 2.08. The maximum Gasteiger partial charge on any atom is 0.138 e. The summed E-state index contributed by atoms with van der Waals surface area (Å²) < 4.78 is 0. The van der Waals surface area contributed by atoms with Crippen molar-refractivity contribution in [2.45, 2.75) is 152 Å². The first-order chi connectivity index (χ1) is 13.9. The Bertz CT molecular complexity index is 587. The third kappa shape index (κ3) is 2.68. The standard InChI is InChI=1S/C24H52B4Si2/c1-13-19-21-27(17-5)23(7,25(19)15-3)30(11,12)22-20(14-2)26(16-4)24(8,28(22)18-6)29(21,9)10/h19-22H,13-18H2,1-12H3. The normalized spacial score (nSPS) is 42.0. The summed E-state index contributed by atoms with van der Waals surface area (Å²) in [6, 6.07) is 0. The topological polar surface area (TPSA) is 0 Å². The Morgan fingerprint density at radius 3 is 1.00 bits per heavy atom. The maximum atomic E-state index is 2.90. The Hall–Kier alpha value is 0.694. The number of hydrogen-bond acceptors (Lipinski definition) is 0. The van der Waals surface area contributed by atoms with Gasteiger partial charge in [-0.25, -0.2) is 0 Å². The largest absolute Gasteiger partial charge is 0.138 e. The molecule has 0 saturated carbocycles. The molecule has 6 unspecified atom stereocenters. The molecule has 3 rings (SSSR count). The lowest BCUT2D eigenvalue weighted by Gasteiger charge is -2.59. The molecule has 0 spiro atoms. The van der Waals surface area contributed by atoms with Crippen LogP contribution in [-0.2, 0) is 0 Å². The van der Waals surface area contributed by atoms with E-state index in [-0.39, 0.29) is 0 Å². The minimum Gasteiger partial charge on any atom is -0.0779 e. The van der Waals surface area contributed by atoms with Gasteiger partial charge in [-0.2, -0.15) is 0 Å². The van der Waals surface area contributed by atoms with Crippen molar-refractivity contribution in [2.75, 3.05) is 0 Å². The Balaban J connectivity index is 2.43. The molecule has 168 valence electrons. The molecule has 0 aromatic carbocycles. The highest BCUT2D eigenvalue weighted by Crippen LogP contribution is 2.77. The second kappa shape index (κ2) is 8.17. The molecule has 0 aromatic heterocycles. The zero-order valence-corrected chi connectivity index (χ0v) is 24.9. The molecule has 6 atom stereocenters. The molecule has 3 heterocycles. The van der Waals surface area contributed by atoms with Gasteiger partial charge in [-0.15, -0.1) is 0 Å². The Morgan fingerprint density at radius 1 is 0.533 bits per heavy atom. The third-order valence-corrected chi connectivity index (χ3v) is 25.1. The van der Waals surface area contributed by atoms with Crippen molar-refractivity contribution in [3.05, 3.63) is 0 Å². The number of hydrogen-bond donors (Lipinski definition) is 0. The SMILES string of the molecule is CCB1C(CC)C2B(CC)C1(C)[Si](C)(C)C1B(CC)C(C)(B(CC)C1CC)[Si]2(C)C. The van der Waals surface area contributed by atoms with Crippen molar-refractivity contribution in [3.63, 3.8) is 0 Å². The van der Waals surface area contributed by atoms with Crippen LogP contribution in [0, 0.1) is 0 Å². The van der Waals surface area contributed by atoms with Crippen molar-refractivity contribution in [3.8, 4) is 0 Å². The fourth-order valence-electron chi connectivity index (χ4n) is 11.9. The lowest BCUT2D eigenvalue weighted by Crippen LogP contribution is -2.65. The van der Waals surface area contributed by atoms with Crippen LogP contribution in [0.3, 0.4) is 0 Å². The molecule has 4 bridgehead atoms. The van der Waals surface area contributed by atoms with Gasteiger partial charge in [0.2, 0.25) is 0 Å². The van der Waals surface area contributed by atoms with Gasteiger partial charge >= 0.3 is 0 Å². The van der Waals surface area contributed by atoms with Crippen molar-refractivity contribution in [1.82, 2.24) is 0 Å². The molecule has 3 aliphatic rings. The van der Waals surface area contributed by atoms with Crippen LogP contribution in [0.5, 0.6) is 0 Å². The highest BCUT2D eigenvalue weighted by molar-refractivity contribution is 7.25. The van der Waals surface area contributed by atoms with Gasteiger partial charge in [0.05, 0.1) is 0 Å². The van der Waals surface area contributed by atoms with E-state index in [1.165, 1.54) is 38.1 Å². The quantitative estimate of drug-likeness (QED) is 0.363. The predicted molar refractivity (Wildman–Crippen MR) is 152 cm³/mol. The van der Waals surface area contributed by atoms with Crippen molar-refractivity contribution < 1.29 is 0 Å². The van der Waals surface area contributed by atoms with E-state index < -0.39 is 16.1 Å². The minimum absolute atomic E-state index is 0.627. The fraction of sp³-hybridized carbons (Fsp3) is 1.00. The summed E-state index contributed by atoms with van der Waals surface area (Å²) in [4.78, 5) is 1.25. The molecule has 0 radical (unpaired) electrons. The lowest BCUT2D eigenvalue weighted by molar-refractivity contribution is 0.779. The Labute approximate surface area is 194 Å². The average molecular weight is 440 g/mol. The van der Waals surface area contributed by atoms with Crippen molar-refractivity contribution in [2.24, 2.45) is 0 Å². The van der Waals surface area contributed by atoms with E-state index in [0.717, 1.165) is 49.4 Å². The smallest absolute Gasteiger partial charge is 0.0779 e. The highest BCUT2D eigenvalue weighted by atomic mass is 28.3. The summed E-state index contributed by atoms with van der Waals surface area (Å²) in [7, 11) is -3.02. The number of rotatable bonds is 6. The molecular formula is C24H52B4Si2. The fourth-order valence-corrected chi connectivity index (χ4v) is 25.3. The summed E-state index contributed by atoms with van der Waals surface area (Å²) in [5, 5.41) is 0. The lowest BCUT2D eigenvalue weighted by atomic mass is 9.25. The first-order valence-corrected chi connectivity index (χ1v) is 20.1. The molecule has 0 aromatic rings. The highest BCUT2D eigenvalue weighted by Gasteiger charge is 2.78. The van der Waals surface area contributed by atoms with Gasteiger partial charge in [-0.1, -0.05) is 152 Å². The van der Waals surface area contributed by atoms with Crippen LogP contribution >= 0.6 is 0 Å². The van der Waals surface area contributed by atoms with E-state index in [4.69, 9.17) is 0 Å². The van der Waals surface area contributed by atoms with Crippen LogP contribution in [0.4, 0.5) is 0 Å². The van der Waals surface area contributed by atoms with E-state index >= 15 is 0 Å². The third-order valence-electron chi connectivity index (χ3n) is 13.0. The average Bonchev–Trinajstić information content (AvgIpc) is 3.14. The Morgan fingerprint density at radius 2 is 0.800 bits per heavy atom. The summed E-state index contributed by atoms with van der Waals surface area (Å²) in [5.74, 6) is 1.98. The molecule has 3 fully saturated rings. The van der Waals surface area contributed by atoms with Crippen LogP contribution in [-0.4, -0.2) is 43.0 Å². The monoisotopic (exact) mass is 440 g/mol. The van der Waals surface area contributed by atoms with Gasteiger partial charge in [0.1, 0.15) is 26.9 Å². The predicted octanol–water partition coefficient (Wildman–Crippen LogP) is 8.56. The second-order valence-electron chi connectivity index (χ2n) is 13.3. The minimum atomic E-state index is -1.51. The van der Waals surface area contributed by atoms with Gasteiger partial charge in [-0.05, 0) is 0 Å². The molecule has 3 aliphatic heterocycles. The zero-order valence-electron chi connectivity index (χ0n) is 22.9. The van der Waals surface area contributed by atoms with E-state index in [2.05, 4.69) is 81.6 Å². The molecule has 6 heteroatoms. The first kappa shape index (κ1) is 25.3. The molecule has 30 heavy (non-hydrogen) atoms. The van der Waals surface area contributed by atoms with E-state index in [9.17, 15) is 0 Å². The summed E-state index contributed by atoms with van der Waals surface area (Å²) >= 11 is 0. The van der Waals surface area contributed by atoms with Crippen LogP contribution in [0.2, 0.25) is 83.7 Å². The molecule has 0 aliphatic carbocycles. The summed E-state index contributed by atoms with van der Waals surface area (Å²) in [6.45, 7) is 36.7. The van der Waals surface area contributed by atoms with Gasteiger partial charge in [-0.3, -0.25) is 0 Å². The van der Waals surface area contributed by atoms with Gasteiger partial charge in [0.25, 0.3) is 0 Å². The van der Waals surface area contributed by atoms with E-state index in [1.807, 2.05) is 0 Å². The van der Waals surface area contributed by atoms with Gasteiger partial charge < -0.3 is 0 Å². The Kier molecular flexibility index (Phi) is 6.90. The second-order valence-corrected chi connectivity index (χ2v) is 23.6. The zero-order chi connectivity index (χ0) is 22.9. The van der Waals surface area contributed by atoms with Crippen molar-refractivity contribution in [1.29, 1.82) is 0 Å². The van der Waals surface area contributed by atoms with Crippen LogP contribution < -0.4 is 0 Å². The maximum absolute atomic E-state index is 2.90. The van der Waals surface area contributed by atoms with Gasteiger partial charge in [0, 0.05) is 16.1 Å². The molecule has 0 N–H and O–H groups in total. The summed E-state index contributed by atoms with van der Waals surface area (Å²) in [6.07, 6.45) is 8.60. The molecule has 0 amide bonds. The van der Waals surface area contributed by atoms with E-state index in [0.29, 0.717) is 9.67 Å². The van der Waals surface area contributed by atoms with Gasteiger partial charge in [0.15, 0.2) is 0 Å². The molecule has 0 nitrogen and oxygen atoms in total. The first-order valence-electron chi connectivity index (χ1n) is 13.9. The van der Waals surface area contributed by atoms with Crippen molar-refractivity contribution >= 4 is 43.0 Å². The van der Waals surface area contributed by atoms with Crippen LogP contribution in [0.15, 0.2) is 0 Å². The molecule has 3 saturated heterocycles.